The van der Waals surface area contributed by atoms with Crippen LogP contribution in [0.25, 0.3) is 0 Å². The van der Waals surface area contributed by atoms with Crippen molar-refractivity contribution in [3.05, 3.63) is 60.2 Å². The van der Waals surface area contributed by atoms with Gasteiger partial charge in [0.25, 0.3) is 0 Å². The molecule has 0 saturated carbocycles. The molecule has 0 atom stereocenters. The standard InChI is InChI=1S/C20H22N2O2/c1-16(23)21-14-7-15-22(19-11-6-5-10-18(19)21)20(24)13-12-17-8-3-2-4-9-17/h2-6,8-11H,7,12-15H2,1H3. The molecule has 1 aliphatic rings. The van der Waals surface area contributed by atoms with E-state index in [-0.39, 0.29) is 11.8 Å². The fourth-order valence-electron chi connectivity index (χ4n) is 3.17. The predicted octanol–water partition coefficient (Wildman–Crippen LogP) is 3.41. The highest BCUT2D eigenvalue weighted by Crippen LogP contribution is 2.32. The van der Waals surface area contributed by atoms with Crippen LogP contribution in [0.2, 0.25) is 0 Å². The summed E-state index contributed by atoms with van der Waals surface area (Å²) in [4.78, 5) is 28.3. The molecule has 0 spiro atoms. The zero-order chi connectivity index (χ0) is 16.9. The minimum atomic E-state index is 0.0148. The van der Waals surface area contributed by atoms with Gasteiger partial charge in [-0.25, -0.2) is 0 Å². The number of benzene rings is 2. The maximum Gasteiger partial charge on any atom is 0.227 e. The minimum absolute atomic E-state index is 0.0148. The molecule has 124 valence electrons. The summed E-state index contributed by atoms with van der Waals surface area (Å²) >= 11 is 0. The number of hydrogen-bond acceptors (Lipinski definition) is 2. The van der Waals surface area contributed by atoms with Crippen LogP contribution in [0.5, 0.6) is 0 Å². The van der Waals surface area contributed by atoms with Crippen molar-refractivity contribution in [2.45, 2.75) is 26.2 Å². The summed E-state index contributed by atoms with van der Waals surface area (Å²) < 4.78 is 0. The van der Waals surface area contributed by atoms with E-state index in [1.807, 2.05) is 59.5 Å². The van der Waals surface area contributed by atoms with E-state index in [0.29, 0.717) is 19.5 Å². The van der Waals surface area contributed by atoms with E-state index in [4.69, 9.17) is 0 Å². The molecule has 4 nitrogen and oxygen atoms in total. The van der Waals surface area contributed by atoms with Gasteiger partial charge >= 0.3 is 0 Å². The molecule has 1 aliphatic heterocycles. The van der Waals surface area contributed by atoms with Crippen molar-refractivity contribution in [2.75, 3.05) is 22.9 Å². The molecule has 2 aromatic rings. The van der Waals surface area contributed by atoms with Gasteiger partial charge in [-0.3, -0.25) is 9.59 Å². The van der Waals surface area contributed by atoms with Crippen molar-refractivity contribution in [3.63, 3.8) is 0 Å². The van der Waals surface area contributed by atoms with Gasteiger partial charge in [0, 0.05) is 26.4 Å². The van der Waals surface area contributed by atoms with Crippen molar-refractivity contribution >= 4 is 23.2 Å². The zero-order valence-corrected chi connectivity index (χ0v) is 13.9. The Morgan fingerprint density at radius 2 is 1.46 bits per heavy atom. The second kappa shape index (κ2) is 7.30. The molecular weight excluding hydrogens is 300 g/mol. The van der Waals surface area contributed by atoms with Crippen LogP contribution < -0.4 is 9.80 Å². The second-order valence-corrected chi connectivity index (χ2v) is 6.04. The fourth-order valence-corrected chi connectivity index (χ4v) is 3.17. The number of para-hydroxylation sites is 2. The quantitative estimate of drug-likeness (QED) is 0.869. The van der Waals surface area contributed by atoms with E-state index < -0.39 is 0 Å². The number of anilines is 2. The van der Waals surface area contributed by atoms with Crippen molar-refractivity contribution in [1.82, 2.24) is 0 Å². The first-order valence-electron chi connectivity index (χ1n) is 8.38. The van der Waals surface area contributed by atoms with Crippen LogP contribution in [-0.2, 0) is 16.0 Å². The van der Waals surface area contributed by atoms with Gasteiger partial charge in [-0.2, -0.15) is 0 Å². The van der Waals surface area contributed by atoms with Crippen LogP contribution in [0.3, 0.4) is 0 Å². The van der Waals surface area contributed by atoms with Crippen LogP contribution in [0.1, 0.15) is 25.3 Å². The van der Waals surface area contributed by atoms with E-state index in [1.165, 1.54) is 5.56 Å². The Hall–Kier alpha value is -2.62. The van der Waals surface area contributed by atoms with Gasteiger partial charge in [0.1, 0.15) is 0 Å². The molecule has 24 heavy (non-hydrogen) atoms. The highest BCUT2D eigenvalue weighted by atomic mass is 16.2. The molecule has 4 heteroatoms. The summed E-state index contributed by atoms with van der Waals surface area (Å²) in [5.74, 6) is 0.123. The summed E-state index contributed by atoms with van der Waals surface area (Å²) in [5, 5.41) is 0. The normalized spacial score (nSPS) is 14.0. The van der Waals surface area contributed by atoms with Crippen LogP contribution >= 0.6 is 0 Å². The SMILES string of the molecule is CC(=O)N1CCCN(C(=O)CCc2ccccc2)c2ccccc21. The third-order valence-electron chi connectivity index (χ3n) is 4.38. The van der Waals surface area contributed by atoms with Crippen LogP contribution in [0, 0.1) is 0 Å². The van der Waals surface area contributed by atoms with E-state index in [0.717, 1.165) is 24.2 Å². The number of rotatable bonds is 3. The van der Waals surface area contributed by atoms with E-state index in [1.54, 1.807) is 11.8 Å². The molecule has 0 bridgehead atoms. The number of fused-ring (bicyclic) bond motifs is 1. The summed E-state index contributed by atoms with van der Waals surface area (Å²) in [6.45, 7) is 2.87. The molecule has 0 saturated heterocycles. The third-order valence-corrected chi connectivity index (χ3v) is 4.38. The summed E-state index contributed by atoms with van der Waals surface area (Å²) in [6.07, 6.45) is 1.98. The van der Waals surface area contributed by atoms with Gasteiger partial charge in [-0.15, -0.1) is 0 Å². The van der Waals surface area contributed by atoms with Crippen molar-refractivity contribution in [3.8, 4) is 0 Å². The topological polar surface area (TPSA) is 40.6 Å². The van der Waals surface area contributed by atoms with Crippen LogP contribution in [-0.4, -0.2) is 24.9 Å². The van der Waals surface area contributed by atoms with Gasteiger partial charge in [0.2, 0.25) is 11.8 Å². The third kappa shape index (κ3) is 3.48. The molecular formula is C20H22N2O2. The molecule has 0 aromatic heterocycles. The molecule has 0 unspecified atom stereocenters. The van der Waals surface area contributed by atoms with Crippen LogP contribution in [0.15, 0.2) is 54.6 Å². The molecule has 0 N–H and O–H groups in total. The van der Waals surface area contributed by atoms with Gasteiger partial charge in [0.15, 0.2) is 0 Å². The lowest BCUT2D eigenvalue weighted by molar-refractivity contribution is -0.118. The molecule has 0 radical (unpaired) electrons. The second-order valence-electron chi connectivity index (χ2n) is 6.04. The van der Waals surface area contributed by atoms with Gasteiger partial charge in [-0.05, 0) is 30.5 Å². The maximum atomic E-state index is 12.8. The van der Waals surface area contributed by atoms with Gasteiger partial charge < -0.3 is 9.80 Å². The van der Waals surface area contributed by atoms with Crippen molar-refractivity contribution in [1.29, 1.82) is 0 Å². The van der Waals surface area contributed by atoms with Crippen LogP contribution in [0.4, 0.5) is 11.4 Å². The van der Waals surface area contributed by atoms with Crippen molar-refractivity contribution < 1.29 is 9.59 Å². The van der Waals surface area contributed by atoms with E-state index in [2.05, 4.69) is 0 Å². The fraction of sp³-hybridized carbons (Fsp3) is 0.300. The number of amides is 2. The molecule has 2 amide bonds. The Morgan fingerprint density at radius 1 is 0.875 bits per heavy atom. The zero-order valence-electron chi connectivity index (χ0n) is 13.9. The maximum absolute atomic E-state index is 12.8. The van der Waals surface area contributed by atoms with Gasteiger partial charge in [0.05, 0.1) is 11.4 Å². The Kier molecular flexibility index (Phi) is 4.94. The first-order valence-corrected chi connectivity index (χ1v) is 8.38. The largest absolute Gasteiger partial charge is 0.311 e. The minimum Gasteiger partial charge on any atom is -0.311 e. The summed E-state index contributed by atoms with van der Waals surface area (Å²) in [6, 6.07) is 17.7. The summed E-state index contributed by atoms with van der Waals surface area (Å²) in [7, 11) is 0. The Balaban J connectivity index is 1.80. The molecule has 0 aliphatic carbocycles. The molecule has 1 heterocycles. The Labute approximate surface area is 142 Å². The first-order chi connectivity index (χ1) is 11.7. The highest BCUT2D eigenvalue weighted by Gasteiger charge is 2.25. The average Bonchev–Trinajstić information content (AvgIpc) is 2.80. The molecule has 2 aromatic carbocycles. The molecule has 3 rings (SSSR count). The Morgan fingerprint density at radius 3 is 2.12 bits per heavy atom. The summed E-state index contributed by atoms with van der Waals surface area (Å²) in [5.41, 5.74) is 2.83. The predicted molar refractivity (Wildman–Crippen MR) is 96.2 cm³/mol. The number of carbonyl (C=O) groups excluding carboxylic acids is 2. The lowest BCUT2D eigenvalue weighted by Crippen LogP contribution is -2.31. The number of carbonyl (C=O) groups is 2. The molecule has 0 fully saturated rings. The van der Waals surface area contributed by atoms with Crippen molar-refractivity contribution in [2.24, 2.45) is 0 Å². The average molecular weight is 322 g/mol. The van der Waals surface area contributed by atoms with E-state index in [9.17, 15) is 9.59 Å². The first kappa shape index (κ1) is 16.2. The monoisotopic (exact) mass is 322 g/mol. The smallest absolute Gasteiger partial charge is 0.227 e. The van der Waals surface area contributed by atoms with Gasteiger partial charge in [-0.1, -0.05) is 42.5 Å². The number of nitrogens with zero attached hydrogens (tertiary/aromatic N) is 2. The highest BCUT2D eigenvalue weighted by molar-refractivity contribution is 6.02. The van der Waals surface area contributed by atoms with E-state index >= 15 is 0 Å². The number of aryl methyl sites for hydroxylation is 1. The Bertz CT molecular complexity index is 727. The number of hydrogen-bond donors (Lipinski definition) is 0. The lowest BCUT2D eigenvalue weighted by Gasteiger charge is -2.25. The lowest BCUT2D eigenvalue weighted by atomic mass is 10.1.